The zero-order chi connectivity index (χ0) is 12.3. The van der Waals surface area contributed by atoms with E-state index in [0.717, 1.165) is 0 Å². The third-order valence-corrected chi connectivity index (χ3v) is 3.57. The van der Waals surface area contributed by atoms with Crippen LogP contribution in [0.4, 0.5) is 4.39 Å². The molecule has 0 saturated heterocycles. The first-order valence-corrected chi connectivity index (χ1v) is 6.49. The molecule has 0 spiro atoms. The summed E-state index contributed by atoms with van der Waals surface area (Å²) in [6.45, 7) is 5.45. The van der Waals surface area contributed by atoms with Crippen molar-refractivity contribution in [1.29, 1.82) is 0 Å². The standard InChI is InChI=1S/C10H12BrFN2OS/c1-10(2,3)16(15)13-6-7-4-5-8(11)9(12)14-7/h4-6H,1-3H3/b13-6+/t16-/m0/s1. The van der Waals surface area contributed by atoms with E-state index in [1.54, 1.807) is 6.07 Å². The van der Waals surface area contributed by atoms with Crippen molar-refractivity contribution in [3.05, 3.63) is 28.2 Å². The van der Waals surface area contributed by atoms with Gasteiger partial charge in [0, 0.05) is 0 Å². The fourth-order valence-electron chi connectivity index (χ4n) is 0.763. The third kappa shape index (κ3) is 3.75. The van der Waals surface area contributed by atoms with Crippen LogP contribution in [-0.2, 0) is 11.0 Å². The van der Waals surface area contributed by atoms with E-state index >= 15 is 0 Å². The van der Waals surface area contributed by atoms with Crippen LogP contribution < -0.4 is 0 Å². The van der Waals surface area contributed by atoms with Gasteiger partial charge in [0.05, 0.1) is 21.1 Å². The van der Waals surface area contributed by atoms with Crippen molar-refractivity contribution in [2.75, 3.05) is 0 Å². The van der Waals surface area contributed by atoms with Crippen LogP contribution in [-0.4, -0.2) is 20.2 Å². The first-order valence-electron chi connectivity index (χ1n) is 4.59. The van der Waals surface area contributed by atoms with Gasteiger partial charge in [-0.2, -0.15) is 8.79 Å². The van der Waals surface area contributed by atoms with Crippen LogP contribution >= 0.6 is 15.9 Å². The molecular weight excluding hydrogens is 295 g/mol. The molecule has 0 fully saturated rings. The molecule has 6 heteroatoms. The van der Waals surface area contributed by atoms with Gasteiger partial charge in [-0.15, -0.1) is 0 Å². The van der Waals surface area contributed by atoms with Crippen molar-refractivity contribution in [1.82, 2.24) is 4.98 Å². The molecule has 88 valence electrons. The molecule has 1 rings (SSSR count). The summed E-state index contributed by atoms with van der Waals surface area (Å²) in [6.07, 6.45) is 1.32. The quantitative estimate of drug-likeness (QED) is 0.623. The maximum absolute atomic E-state index is 13.0. The molecular formula is C10H12BrFN2OS. The van der Waals surface area contributed by atoms with Crippen molar-refractivity contribution >= 4 is 33.1 Å². The number of rotatable bonds is 2. The Hall–Kier alpha value is -0.620. The highest BCUT2D eigenvalue weighted by atomic mass is 79.9. The molecule has 1 atom stereocenters. The lowest BCUT2D eigenvalue weighted by molar-refractivity contribution is 0.576. The van der Waals surface area contributed by atoms with E-state index in [9.17, 15) is 8.60 Å². The Balaban J connectivity index is 2.85. The fourth-order valence-corrected chi connectivity index (χ4v) is 1.50. The SMILES string of the molecule is CC(C)(C)[S@](=O)/N=C/c1ccc(Br)c(F)n1. The number of halogens is 2. The lowest BCUT2D eigenvalue weighted by Gasteiger charge is -2.12. The molecule has 1 heterocycles. The van der Waals surface area contributed by atoms with Gasteiger partial charge in [0.1, 0.15) is 11.0 Å². The van der Waals surface area contributed by atoms with E-state index in [1.807, 2.05) is 20.8 Å². The molecule has 3 nitrogen and oxygen atoms in total. The van der Waals surface area contributed by atoms with Crippen molar-refractivity contribution in [2.24, 2.45) is 4.40 Å². The normalized spacial score (nSPS) is 14.3. The van der Waals surface area contributed by atoms with E-state index < -0.39 is 21.7 Å². The zero-order valence-electron chi connectivity index (χ0n) is 9.20. The summed E-state index contributed by atoms with van der Waals surface area (Å²) >= 11 is 3.00. The summed E-state index contributed by atoms with van der Waals surface area (Å²) in [4.78, 5) is 3.63. The van der Waals surface area contributed by atoms with E-state index in [1.165, 1.54) is 12.3 Å². The summed E-state index contributed by atoms with van der Waals surface area (Å²) in [5.74, 6) is -0.606. The highest BCUT2D eigenvalue weighted by Crippen LogP contribution is 2.14. The van der Waals surface area contributed by atoms with Crippen LogP contribution in [0, 0.1) is 5.95 Å². The van der Waals surface area contributed by atoms with Crippen LogP contribution in [0.25, 0.3) is 0 Å². The average Bonchev–Trinajstić information content (AvgIpc) is 2.18. The molecule has 0 aliphatic rings. The lowest BCUT2D eigenvalue weighted by atomic mass is 10.3. The van der Waals surface area contributed by atoms with Gasteiger partial charge in [-0.25, -0.2) is 9.19 Å². The first-order chi connectivity index (χ1) is 7.30. The minimum absolute atomic E-state index is 0.293. The highest BCUT2D eigenvalue weighted by molar-refractivity contribution is 9.10. The predicted octanol–water partition coefficient (Wildman–Crippen LogP) is 2.86. The number of aromatic nitrogens is 1. The van der Waals surface area contributed by atoms with Gasteiger partial charge in [0.25, 0.3) is 0 Å². The molecule has 16 heavy (non-hydrogen) atoms. The summed E-state index contributed by atoms with van der Waals surface area (Å²) in [6, 6.07) is 3.13. The van der Waals surface area contributed by atoms with Crippen molar-refractivity contribution in [2.45, 2.75) is 25.5 Å². The van der Waals surface area contributed by atoms with Gasteiger partial charge in [-0.05, 0) is 48.8 Å². The van der Waals surface area contributed by atoms with E-state index in [2.05, 4.69) is 25.3 Å². The Morgan fingerprint density at radius 2 is 2.12 bits per heavy atom. The number of hydrogen-bond donors (Lipinski definition) is 0. The predicted molar refractivity (Wildman–Crippen MR) is 67.4 cm³/mol. The first kappa shape index (κ1) is 13.4. The molecule has 0 N–H and O–H groups in total. The number of hydrogen-bond acceptors (Lipinski definition) is 2. The van der Waals surface area contributed by atoms with Crippen LogP contribution in [0.15, 0.2) is 21.0 Å². The monoisotopic (exact) mass is 306 g/mol. The Morgan fingerprint density at radius 1 is 1.50 bits per heavy atom. The maximum Gasteiger partial charge on any atom is 0.227 e. The molecule has 0 radical (unpaired) electrons. The van der Waals surface area contributed by atoms with Crippen LogP contribution in [0.1, 0.15) is 26.5 Å². The number of pyridine rings is 1. The van der Waals surface area contributed by atoms with Gasteiger partial charge < -0.3 is 0 Å². The Kier molecular flexibility index (Phi) is 4.32. The van der Waals surface area contributed by atoms with Gasteiger partial charge >= 0.3 is 0 Å². The van der Waals surface area contributed by atoms with Crippen molar-refractivity contribution in [3.8, 4) is 0 Å². The van der Waals surface area contributed by atoms with Gasteiger partial charge in [-0.1, -0.05) is 0 Å². The van der Waals surface area contributed by atoms with E-state index in [4.69, 9.17) is 0 Å². The zero-order valence-corrected chi connectivity index (χ0v) is 11.6. The maximum atomic E-state index is 13.0. The number of nitrogens with zero attached hydrogens (tertiary/aromatic N) is 2. The highest BCUT2D eigenvalue weighted by Gasteiger charge is 2.18. The molecule has 0 aliphatic heterocycles. The van der Waals surface area contributed by atoms with Gasteiger partial charge in [0.2, 0.25) is 5.95 Å². The lowest BCUT2D eigenvalue weighted by Crippen LogP contribution is -2.19. The second-order valence-electron chi connectivity index (χ2n) is 4.10. The second kappa shape index (κ2) is 5.14. The molecule has 1 aromatic rings. The molecule has 0 aromatic carbocycles. The molecule has 0 amide bonds. The second-order valence-corrected chi connectivity index (χ2v) is 6.89. The van der Waals surface area contributed by atoms with Crippen LogP contribution in [0.2, 0.25) is 0 Å². The Morgan fingerprint density at radius 3 is 2.62 bits per heavy atom. The van der Waals surface area contributed by atoms with Gasteiger partial charge in [0.15, 0.2) is 0 Å². The smallest absolute Gasteiger partial charge is 0.227 e. The summed E-state index contributed by atoms with van der Waals surface area (Å²) in [7, 11) is -1.35. The molecule has 0 unspecified atom stereocenters. The van der Waals surface area contributed by atoms with E-state index in [0.29, 0.717) is 10.2 Å². The molecule has 1 aromatic heterocycles. The van der Waals surface area contributed by atoms with Crippen LogP contribution in [0.5, 0.6) is 0 Å². The summed E-state index contributed by atoms with van der Waals surface area (Å²) in [5.41, 5.74) is 0.346. The summed E-state index contributed by atoms with van der Waals surface area (Å²) in [5, 5.41) is 0. The van der Waals surface area contributed by atoms with E-state index in [-0.39, 0.29) is 0 Å². The Labute approximate surface area is 105 Å². The fraction of sp³-hybridized carbons (Fsp3) is 0.400. The largest absolute Gasteiger partial charge is 0.234 e. The molecule has 0 saturated carbocycles. The van der Waals surface area contributed by atoms with Gasteiger partial charge in [-0.3, -0.25) is 0 Å². The minimum atomic E-state index is -1.35. The average molecular weight is 307 g/mol. The van der Waals surface area contributed by atoms with Crippen molar-refractivity contribution < 1.29 is 8.60 Å². The third-order valence-electron chi connectivity index (χ3n) is 1.63. The molecule has 0 aliphatic carbocycles. The van der Waals surface area contributed by atoms with Crippen LogP contribution in [0.3, 0.4) is 0 Å². The minimum Gasteiger partial charge on any atom is -0.234 e. The summed E-state index contributed by atoms with van der Waals surface area (Å²) < 4.78 is 28.3. The Bertz CT molecular complexity index is 443. The van der Waals surface area contributed by atoms with Crippen molar-refractivity contribution in [3.63, 3.8) is 0 Å². The topological polar surface area (TPSA) is 42.3 Å². The molecule has 0 bridgehead atoms.